The molecule has 1 rings (SSSR count). The van der Waals surface area contributed by atoms with Gasteiger partial charge in [0.05, 0.1) is 0 Å². The minimum absolute atomic E-state index is 0.231. The van der Waals surface area contributed by atoms with Crippen LogP contribution in [0.3, 0.4) is 0 Å². The first-order chi connectivity index (χ1) is 8.09. The lowest BCUT2D eigenvalue weighted by atomic mass is 10.1. The van der Waals surface area contributed by atoms with Gasteiger partial charge in [0.15, 0.2) is 0 Å². The summed E-state index contributed by atoms with van der Waals surface area (Å²) < 4.78 is 21.1. The van der Waals surface area contributed by atoms with E-state index in [1.807, 2.05) is 0 Å². The molecule has 0 aliphatic rings. The van der Waals surface area contributed by atoms with E-state index >= 15 is 0 Å². The summed E-state index contributed by atoms with van der Waals surface area (Å²) in [6.07, 6.45) is 0. The Morgan fingerprint density at radius 1 is 1.24 bits per heavy atom. The van der Waals surface area contributed by atoms with E-state index < -0.39 is 18.8 Å². The highest BCUT2D eigenvalue weighted by molar-refractivity contribution is 7.75. The normalized spacial score (nSPS) is 10.7. The summed E-state index contributed by atoms with van der Waals surface area (Å²) in [4.78, 5) is 14.6. The van der Waals surface area contributed by atoms with Crippen molar-refractivity contribution in [3.63, 3.8) is 0 Å². The second kappa shape index (κ2) is 5.66. The molecule has 6 nitrogen and oxygen atoms in total. The van der Waals surface area contributed by atoms with Crippen LogP contribution < -0.4 is 0 Å². The molecule has 0 unspecified atom stereocenters. The highest BCUT2D eigenvalue weighted by Crippen LogP contribution is 2.47. The van der Waals surface area contributed by atoms with Gasteiger partial charge < -0.3 is 14.6 Å². The number of ketones is 1. The van der Waals surface area contributed by atoms with Crippen molar-refractivity contribution in [3.8, 4) is 0 Å². The summed E-state index contributed by atoms with van der Waals surface area (Å²) in [6, 6.07) is 7.99. The molecule has 0 heterocycles. The van der Waals surface area contributed by atoms with Crippen LogP contribution in [-0.4, -0.2) is 30.2 Å². The molecular formula is C10H11N2O4P. The van der Waals surface area contributed by atoms with Gasteiger partial charge in [0.1, 0.15) is 0 Å². The predicted molar refractivity (Wildman–Crippen MR) is 61.0 cm³/mol. The van der Waals surface area contributed by atoms with E-state index in [-0.39, 0.29) is 5.56 Å². The van der Waals surface area contributed by atoms with E-state index in [2.05, 4.69) is 13.8 Å². The molecule has 0 saturated carbocycles. The lowest BCUT2D eigenvalue weighted by molar-refractivity contribution is -0.00424. The molecule has 0 radical (unpaired) electrons. The maximum Gasteiger partial charge on any atom is 0.448 e. The first-order valence-corrected chi connectivity index (χ1v) is 6.17. The van der Waals surface area contributed by atoms with E-state index in [0.717, 1.165) is 14.2 Å². The van der Waals surface area contributed by atoms with E-state index in [9.17, 15) is 9.36 Å². The molecule has 0 bridgehead atoms. The maximum atomic E-state index is 11.9. The summed E-state index contributed by atoms with van der Waals surface area (Å²) in [6.45, 7) is 0. The SMILES string of the molecule is COP(=O)(OC)C(=[N+]=[N-])C(=O)c1ccccc1. The van der Waals surface area contributed by atoms with Crippen LogP contribution in [-0.2, 0) is 13.6 Å². The van der Waals surface area contributed by atoms with Gasteiger partial charge in [-0.15, -0.1) is 0 Å². The van der Waals surface area contributed by atoms with Crippen molar-refractivity contribution >= 4 is 18.8 Å². The zero-order valence-corrected chi connectivity index (χ0v) is 10.3. The predicted octanol–water partition coefficient (Wildman–Crippen LogP) is 1.98. The molecule has 0 spiro atoms. The molecule has 0 amide bonds. The van der Waals surface area contributed by atoms with Gasteiger partial charge in [0, 0.05) is 19.8 Å². The monoisotopic (exact) mass is 254 g/mol. The van der Waals surface area contributed by atoms with Crippen molar-refractivity contribution < 1.29 is 23.2 Å². The fourth-order valence-corrected chi connectivity index (χ4v) is 2.17. The molecule has 1 aromatic carbocycles. The Bertz CT molecular complexity index is 500. The number of benzene rings is 1. The number of hydrogen-bond donors (Lipinski definition) is 0. The smallest absolute Gasteiger partial charge is 0.360 e. The van der Waals surface area contributed by atoms with Crippen molar-refractivity contribution in [1.82, 2.24) is 0 Å². The molecule has 90 valence electrons. The first kappa shape index (κ1) is 13.5. The Labute approximate surface area is 98.3 Å². The zero-order valence-electron chi connectivity index (χ0n) is 9.36. The number of carbonyl (C=O) groups excluding carboxylic acids is 1. The molecule has 0 fully saturated rings. The topological polar surface area (TPSA) is 89.0 Å². The lowest BCUT2D eigenvalue weighted by Gasteiger charge is -2.07. The standard InChI is InChI=1S/C10H11N2O4P/c1-15-17(14,16-2)10(12-11)9(13)8-6-4-3-5-7-8/h3-7H,1-2H3. The Hall–Kier alpha value is -1.58. The third kappa shape index (κ3) is 2.75. The highest BCUT2D eigenvalue weighted by Gasteiger charge is 2.44. The number of hydrogen-bond acceptors (Lipinski definition) is 4. The molecule has 0 N–H and O–H groups in total. The van der Waals surface area contributed by atoms with Gasteiger partial charge in [0.25, 0.3) is 5.78 Å². The van der Waals surface area contributed by atoms with Crippen LogP contribution in [0, 0.1) is 0 Å². The van der Waals surface area contributed by atoms with Crippen molar-refractivity contribution in [1.29, 1.82) is 0 Å². The van der Waals surface area contributed by atoms with Crippen LogP contribution >= 0.6 is 7.60 Å². The highest BCUT2D eigenvalue weighted by atomic mass is 31.2. The molecule has 0 aliphatic heterocycles. The number of rotatable bonds is 5. The van der Waals surface area contributed by atoms with Crippen LogP contribution in [0.15, 0.2) is 30.3 Å². The van der Waals surface area contributed by atoms with Gasteiger partial charge in [-0.1, -0.05) is 30.3 Å². The number of Topliss-reactive ketones (excluding diaryl/α,β-unsaturated/α-hetero) is 1. The molecule has 0 saturated heterocycles. The molecule has 0 aromatic heterocycles. The van der Waals surface area contributed by atoms with Crippen LogP contribution in [0.2, 0.25) is 0 Å². The third-order valence-corrected chi connectivity index (χ3v) is 3.85. The largest absolute Gasteiger partial charge is 0.448 e. The summed E-state index contributed by atoms with van der Waals surface area (Å²) in [5.74, 6) is -0.708. The van der Waals surface area contributed by atoms with Gasteiger partial charge >= 0.3 is 13.0 Å². The molecule has 0 atom stereocenters. The summed E-state index contributed by atoms with van der Waals surface area (Å²) in [7, 11) is -1.65. The fraction of sp³-hybridized carbons (Fsp3) is 0.200. The van der Waals surface area contributed by atoms with Gasteiger partial charge in [-0.3, -0.25) is 4.79 Å². The first-order valence-electron chi connectivity index (χ1n) is 4.63. The van der Waals surface area contributed by atoms with Gasteiger partial charge in [-0.2, -0.15) is 4.79 Å². The van der Waals surface area contributed by atoms with Gasteiger partial charge in [-0.05, 0) is 0 Å². The van der Waals surface area contributed by atoms with Crippen LogP contribution in [0.1, 0.15) is 10.4 Å². The van der Waals surface area contributed by atoms with E-state index in [4.69, 9.17) is 5.53 Å². The summed E-state index contributed by atoms with van der Waals surface area (Å²) in [5, 5.41) is 0. The fourth-order valence-electron chi connectivity index (χ4n) is 1.19. The molecular weight excluding hydrogens is 243 g/mol. The van der Waals surface area contributed by atoms with Crippen molar-refractivity contribution in [2.45, 2.75) is 0 Å². The van der Waals surface area contributed by atoms with Crippen molar-refractivity contribution in [3.05, 3.63) is 41.4 Å². The van der Waals surface area contributed by atoms with E-state index in [1.165, 1.54) is 12.1 Å². The summed E-state index contributed by atoms with van der Waals surface area (Å²) in [5.41, 5.74) is 8.38. The molecule has 1 aromatic rings. The lowest BCUT2D eigenvalue weighted by Crippen LogP contribution is -2.17. The van der Waals surface area contributed by atoms with Crippen LogP contribution in [0.4, 0.5) is 0 Å². The van der Waals surface area contributed by atoms with Gasteiger partial charge in [0.2, 0.25) is 0 Å². The Morgan fingerprint density at radius 3 is 2.18 bits per heavy atom. The van der Waals surface area contributed by atoms with Crippen LogP contribution in [0.5, 0.6) is 0 Å². The van der Waals surface area contributed by atoms with Crippen molar-refractivity contribution in [2.75, 3.05) is 14.2 Å². The second-order valence-electron chi connectivity index (χ2n) is 2.98. The number of nitrogens with zero attached hydrogens (tertiary/aromatic N) is 2. The minimum atomic E-state index is -3.86. The second-order valence-corrected chi connectivity index (χ2v) is 5.13. The Kier molecular flexibility index (Phi) is 4.49. The quantitative estimate of drug-likeness (QED) is 0.264. The molecule has 7 heteroatoms. The number of carbonyl (C=O) groups is 1. The average Bonchev–Trinajstić information content (AvgIpc) is 2.40. The van der Waals surface area contributed by atoms with Crippen molar-refractivity contribution in [2.24, 2.45) is 0 Å². The third-order valence-electron chi connectivity index (χ3n) is 2.07. The summed E-state index contributed by atoms with van der Waals surface area (Å²) >= 11 is 0. The van der Waals surface area contributed by atoms with Gasteiger partial charge in [-0.25, -0.2) is 4.57 Å². The minimum Gasteiger partial charge on any atom is -0.360 e. The average molecular weight is 254 g/mol. The Balaban J connectivity index is 3.19. The Morgan fingerprint density at radius 2 is 1.76 bits per heavy atom. The zero-order chi connectivity index (χ0) is 12.9. The van der Waals surface area contributed by atoms with Crippen LogP contribution in [0.25, 0.3) is 5.53 Å². The van der Waals surface area contributed by atoms with E-state index in [0.29, 0.717) is 0 Å². The van der Waals surface area contributed by atoms with E-state index in [1.54, 1.807) is 18.2 Å². The molecule has 17 heavy (non-hydrogen) atoms. The molecule has 0 aliphatic carbocycles. The maximum absolute atomic E-state index is 11.9.